The van der Waals surface area contributed by atoms with E-state index in [9.17, 15) is 13.2 Å². The van der Waals surface area contributed by atoms with E-state index in [1.807, 2.05) is 30.3 Å². The Morgan fingerprint density at radius 2 is 1.63 bits per heavy atom. The average Bonchev–Trinajstić information content (AvgIpc) is 2.74. The average molecular weight is 445 g/mol. The Balaban J connectivity index is 1.85. The van der Waals surface area contributed by atoms with Crippen LogP contribution in [0.4, 0.5) is 5.69 Å². The van der Waals surface area contributed by atoms with E-state index < -0.39 is 22.0 Å². The summed E-state index contributed by atoms with van der Waals surface area (Å²) in [6.45, 7) is 0. The summed E-state index contributed by atoms with van der Waals surface area (Å²) in [4.78, 5) is 13.1. The van der Waals surface area contributed by atoms with Crippen LogP contribution in [0.15, 0.2) is 83.8 Å². The lowest BCUT2D eigenvalue weighted by molar-refractivity contribution is -0.117. The second-order valence-electron chi connectivity index (χ2n) is 6.52. The third-order valence-corrected chi connectivity index (χ3v) is 6.15. The lowest BCUT2D eigenvalue weighted by Gasteiger charge is -2.19. The predicted octanol–water partition coefficient (Wildman–Crippen LogP) is 3.88. The van der Waals surface area contributed by atoms with E-state index in [2.05, 4.69) is 10.0 Å². The quantitative estimate of drug-likeness (QED) is 0.552. The molecule has 30 heavy (non-hydrogen) atoms. The van der Waals surface area contributed by atoms with E-state index in [0.29, 0.717) is 16.5 Å². The number of sulfonamides is 1. The first kappa shape index (κ1) is 21.8. The summed E-state index contributed by atoms with van der Waals surface area (Å²) in [5.74, 6) is -0.0279. The molecule has 3 aromatic rings. The molecule has 1 amide bonds. The molecule has 0 fully saturated rings. The lowest BCUT2D eigenvalue weighted by Crippen LogP contribution is -2.45. The molecule has 6 nitrogen and oxygen atoms in total. The highest BCUT2D eigenvalue weighted by Gasteiger charge is 2.26. The summed E-state index contributed by atoms with van der Waals surface area (Å²) in [5, 5.41) is 3.06. The fraction of sp³-hybridized carbons (Fsp3) is 0.136. The van der Waals surface area contributed by atoms with Crippen LogP contribution in [0.25, 0.3) is 0 Å². The third kappa shape index (κ3) is 5.60. The van der Waals surface area contributed by atoms with Crippen molar-refractivity contribution in [1.82, 2.24) is 4.72 Å². The number of carbonyl (C=O) groups excluding carboxylic acids is 1. The van der Waals surface area contributed by atoms with Gasteiger partial charge in [-0.15, -0.1) is 0 Å². The number of benzene rings is 3. The minimum absolute atomic E-state index is 0.0864. The molecule has 2 N–H and O–H groups in total. The second-order valence-corrected chi connectivity index (χ2v) is 8.64. The number of methoxy groups -OCH3 is 1. The van der Waals surface area contributed by atoms with E-state index in [0.717, 1.165) is 5.56 Å². The standard InChI is InChI=1S/C22H21ClN2O4S/c1-29-21-13-12-17(15-19(21)23)24-22(26)20(14-16-8-4-2-5-9-16)25-30(27,28)18-10-6-3-7-11-18/h2-13,15,20,25H,14H2,1H3,(H,24,26)/t20-/m1/s1. The van der Waals surface area contributed by atoms with E-state index in [1.54, 1.807) is 36.4 Å². The Bertz CT molecular complexity index is 1110. The minimum Gasteiger partial charge on any atom is -0.495 e. The van der Waals surface area contributed by atoms with Crippen molar-refractivity contribution in [2.45, 2.75) is 17.4 Å². The van der Waals surface area contributed by atoms with Crippen molar-refractivity contribution in [1.29, 1.82) is 0 Å². The molecule has 0 saturated heterocycles. The van der Waals surface area contributed by atoms with Crippen LogP contribution in [0.1, 0.15) is 5.56 Å². The Kier molecular flexibility index (Phi) is 7.10. The number of amides is 1. The number of rotatable bonds is 8. The molecule has 0 heterocycles. The first-order chi connectivity index (χ1) is 14.4. The zero-order valence-corrected chi connectivity index (χ0v) is 17.8. The van der Waals surface area contributed by atoms with Crippen molar-refractivity contribution in [3.05, 3.63) is 89.4 Å². The maximum atomic E-state index is 13.0. The SMILES string of the molecule is COc1ccc(NC(=O)[C@@H](Cc2ccccc2)NS(=O)(=O)c2ccccc2)cc1Cl. The number of carbonyl (C=O) groups is 1. The monoisotopic (exact) mass is 444 g/mol. The van der Waals surface area contributed by atoms with Gasteiger partial charge in [-0.2, -0.15) is 4.72 Å². The van der Waals surface area contributed by atoms with Crippen molar-refractivity contribution in [3.63, 3.8) is 0 Å². The maximum absolute atomic E-state index is 13.0. The Labute approximate surface area is 180 Å². The lowest BCUT2D eigenvalue weighted by atomic mass is 10.1. The topological polar surface area (TPSA) is 84.5 Å². The van der Waals surface area contributed by atoms with Crippen LogP contribution in [0.2, 0.25) is 5.02 Å². The van der Waals surface area contributed by atoms with Crippen molar-refractivity contribution < 1.29 is 17.9 Å². The summed E-state index contributed by atoms with van der Waals surface area (Å²) < 4.78 is 33.2. The Hall–Kier alpha value is -2.87. The van der Waals surface area contributed by atoms with Crippen molar-refractivity contribution in [3.8, 4) is 5.75 Å². The van der Waals surface area contributed by atoms with Gasteiger partial charge in [0.05, 0.1) is 17.0 Å². The van der Waals surface area contributed by atoms with Crippen molar-refractivity contribution >= 4 is 33.2 Å². The van der Waals surface area contributed by atoms with Gasteiger partial charge in [-0.1, -0.05) is 60.1 Å². The maximum Gasteiger partial charge on any atom is 0.242 e. The molecule has 3 aromatic carbocycles. The molecule has 3 rings (SSSR count). The van der Waals surface area contributed by atoms with Gasteiger partial charge < -0.3 is 10.1 Å². The van der Waals surface area contributed by atoms with Gasteiger partial charge in [-0.3, -0.25) is 4.79 Å². The highest BCUT2D eigenvalue weighted by molar-refractivity contribution is 7.89. The molecule has 0 radical (unpaired) electrons. The Morgan fingerprint density at radius 1 is 1.00 bits per heavy atom. The molecule has 0 aliphatic heterocycles. The van der Waals surface area contributed by atoms with Crippen LogP contribution < -0.4 is 14.8 Å². The van der Waals surface area contributed by atoms with Gasteiger partial charge in [-0.05, 0) is 42.3 Å². The summed E-state index contributed by atoms with van der Waals surface area (Å²) in [5.41, 5.74) is 1.25. The largest absolute Gasteiger partial charge is 0.495 e. The molecular weight excluding hydrogens is 424 g/mol. The molecule has 0 aromatic heterocycles. The zero-order valence-electron chi connectivity index (χ0n) is 16.2. The molecular formula is C22H21ClN2O4S. The van der Waals surface area contributed by atoms with Gasteiger partial charge in [0.15, 0.2) is 0 Å². The minimum atomic E-state index is -3.89. The van der Waals surface area contributed by atoms with E-state index in [4.69, 9.17) is 16.3 Å². The smallest absolute Gasteiger partial charge is 0.242 e. The van der Waals surface area contributed by atoms with Crippen LogP contribution in [-0.2, 0) is 21.2 Å². The summed E-state index contributed by atoms with van der Waals surface area (Å²) >= 11 is 6.12. The van der Waals surface area contributed by atoms with Gasteiger partial charge in [-0.25, -0.2) is 8.42 Å². The Morgan fingerprint density at radius 3 is 2.23 bits per heavy atom. The van der Waals surface area contributed by atoms with Crippen molar-refractivity contribution in [2.24, 2.45) is 0 Å². The number of hydrogen-bond donors (Lipinski definition) is 2. The number of nitrogens with one attached hydrogen (secondary N) is 2. The highest BCUT2D eigenvalue weighted by atomic mass is 35.5. The zero-order chi connectivity index (χ0) is 21.6. The predicted molar refractivity (Wildman–Crippen MR) is 117 cm³/mol. The van der Waals surface area contributed by atoms with Crippen LogP contribution in [0.5, 0.6) is 5.75 Å². The van der Waals surface area contributed by atoms with Crippen LogP contribution >= 0.6 is 11.6 Å². The summed E-state index contributed by atoms with van der Waals surface area (Å²) in [7, 11) is -2.40. The number of anilines is 1. The van der Waals surface area contributed by atoms with Gasteiger partial charge >= 0.3 is 0 Å². The molecule has 0 bridgehead atoms. The molecule has 1 atom stereocenters. The van der Waals surface area contributed by atoms with Gasteiger partial charge in [0.1, 0.15) is 11.8 Å². The fourth-order valence-electron chi connectivity index (χ4n) is 2.87. The first-order valence-electron chi connectivity index (χ1n) is 9.15. The molecule has 0 saturated carbocycles. The molecule has 8 heteroatoms. The van der Waals surface area contributed by atoms with E-state index in [1.165, 1.54) is 19.2 Å². The van der Waals surface area contributed by atoms with Gasteiger partial charge in [0.2, 0.25) is 15.9 Å². The molecule has 0 spiro atoms. The van der Waals surface area contributed by atoms with Crippen LogP contribution in [0, 0.1) is 0 Å². The van der Waals surface area contributed by atoms with Crippen LogP contribution in [0.3, 0.4) is 0 Å². The highest BCUT2D eigenvalue weighted by Crippen LogP contribution is 2.27. The third-order valence-electron chi connectivity index (χ3n) is 4.37. The number of hydrogen-bond acceptors (Lipinski definition) is 4. The first-order valence-corrected chi connectivity index (χ1v) is 11.0. The number of ether oxygens (including phenoxy) is 1. The van der Waals surface area contributed by atoms with Gasteiger partial charge in [0.25, 0.3) is 0 Å². The van der Waals surface area contributed by atoms with E-state index in [-0.39, 0.29) is 11.3 Å². The molecule has 0 aliphatic rings. The normalized spacial score (nSPS) is 12.2. The second kappa shape index (κ2) is 9.75. The summed E-state index contributed by atoms with van der Waals surface area (Å²) in [6.07, 6.45) is 0.183. The van der Waals surface area contributed by atoms with Gasteiger partial charge in [0, 0.05) is 5.69 Å². The molecule has 156 valence electrons. The van der Waals surface area contributed by atoms with E-state index >= 15 is 0 Å². The fourth-order valence-corrected chi connectivity index (χ4v) is 4.34. The molecule has 0 unspecified atom stereocenters. The summed E-state index contributed by atoms with van der Waals surface area (Å²) in [6, 6.07) is 20.9. The van der Waals surface area contributed by atoms with Crippen LogP contribution in [-0.4, -0.2) is 27.5 Å². The van der Waals surface area contributed by atoms with Crippen molar-refractivity contribution in [2.75, 3.05) is 12.4 Å². The molecule has 0 aliphatic carbocycles. The number of halogens is 1.